The van der Waals surface area contributed by atoms with E-state index in [0.29, 0.717) is 9.66 Å². The topological polar surface area (TPSA) is 25.8 Å². The van der Waals surface area contributed by atoms with Crippen molar-refractivity contribution in [3.63, 3.8) is 0 Å². The molecule has 2 aromatic heterocycles. The van der Waals surface area contributed by atoms with Crippen molar-refractivity contribution in [2.75, 3.05) is 0 Å². The van der Waals surface area contributed by atoms with Crippen LogP contribution in [0.2, 0.25) is 0 Å². The summed E-state index contributed by atoms with van der Waals surface area (Å²) < 4.78 is 79.3. The number of halogens is 6. The van der Waals surface area contributed by atoms with Gasteiger partial charge in [-0.2, -0.15) is 26.3 Å². The monoisotopic (exact) mass is 430 g/mol. The van der Waals surface area contributed by atoms with E-state index in [4.69, 9.17) is 0 Å². The predicted molar refractivity (Wildman–Crippen MR) is 96.2 cm³/mol. The maximum atomic E-state index is 13.2. The van der Waals surface area contributed by atoms with Gasteiger partial charge in [-0.15, -0.1) is 0 Å². The van der Waals surface area contributed by atoms with Crippen LogP contribution in [-0.4, -0.2) is 9.97 Å². The zero-order chi connectivity index (χ0) is 20.1. The summed E-state index contributed by atoms with van der Waals surface area (Å²) >= 11 is 1.83. The number of aromatic nitrogens is 2. The lowest BCUT2D eigenvalue weighted by Gasteiger charge is -2.10. The molecule has 0 aliphatic rings. The van der Waals surface area contributed by atoms with Gasteiger partial charge in [0.15, 0.2) is 9.66 Å². The third-order valence-electron chi connectivity index (χ3n) is 3.90. The Hall–Kier alpha value is -2.46. The Morgan fingerprint density at radius 2 is 0.929 bits per heavy atom. The number of hydrogen-bond donors (Lipinski definition) is 0. The lowest BCUT2D eigenvalue weighted by Crippen LogP contribution is -2.06. The number of alkyl halides is 6. The number of hydrogen-bond acceptors (Lipinski definition) is 4. The smallest absolute Gasteiger partial charge is 0.223 e. The van der Waals surface area contributed by atoms with Crippen molar-refractivity contribution in [1.29, 1.82) is 0 Å². The molecule has 10 heteroatoms. The molecular weight excluding hydrogens is 422 g/mol. The van der Waals surface area contributed by atoms with E-state index in [1.807, 2.05) is 0 Å². The average Bonchev–Trinajstić information content (AvgIpc) is 3.19. The molecule has 0 radical (unpaired) electrons. The first kappa shape index (κ1) is 18.9. The quantitative estimate of drug-likeness (QED) is 0.316. The highest BCUT2D eigenvalue weighted by molar-refractivity contribution is 7.29. The summed E-state index contributed by atoms with van der Waals surface area (Å²) in [7, 11) is 0. The summed E-state index contributed by atoms with van der Waals surface area (Å²) in [4.78, 5) is 8.97. The van der Waals surface area contributed by atoms with Crippen LogP contribution < -0.4 is 0 Å². The van der Waals surface area contributed by atoms with Crippen LogP contribution in [0.15, 0.2) is 48.5 Å². The van der Waals surface area contributed by atoms with E-state index in [1.165, 1.54) is 36.4 Å². The summed E-state index contributed by atoms with van der Waals surface area (Å²) in [6.45, 7) is 0. The van der Waals surface area contributed by atoms with Crippen LogP contribution in [0.4, 0.5) is 26.3 Å². The fourth-order valence-corrected chi connectivity index (χ4v) is 4.83. The van der Waals surface area contributed by atoms with E-state index in [2.05, 4.69) is 9.97 Å². The Morgan fingerprint density at radius 1 is 0.571 bits per heavy atom. The molecule has 2 heterocycles. The fourth-order valence-electron chi connectivity index (χ4n) is 2.71. The van der Waals surface area contributed by atoms with Gasteiger partial charge in [-0.1, -0.05) is 59.1 Å². The second-order valence-corrected chi connectivity index (χ2v) is 7.69. The van der Waals surface area contributed by atoms with Crippen LogP contribution in [0.3, 0.4) is 0 Å². The zero-order valence-electron chi connectivity index (χ0n) is 13.6. The molecule has 0 bridgehead atoms. The molecule has 2 aromatic carbocycles. The molecule has 0 amide bonds. The zero-order valence-corrected chi connectivity index (χ0v) is 15.2. The van der Waals surface area contributed by atoms with Crippen molar-refractivity contribution >= 4 is 32.3 Å². The van der Waals surface area contributed by atoms with Gasteiger partial charge >= 0.3 is 12.4 Å². The summed E-state index contributed by atoms with van der Waals surface area (Å²) in [5.41, 5.74) is -1.80. The summed E-state index contributed by atoms with van der Waals surface area (Å²) in [5, 5.41) is 0.245. The molecule has 2 nitrogen and oxygen atoms in total. The Kier molecular flexibility index (Phi) is 4.42. The van der Waals surface area contributed by atoms with Crippen LogP contribution in [0.5, 0.6) is 0 Å². The van der Waals surface area contributed by atoms with E-state index in [-0.39, 0.29) is 21.1 Å². The summed E-state index contributed by atoms with van der Waals surface area (Å²) in [6.07, 6.45) is -9.08. The SMILES string of the molecule is FC(F)(F)c1ccccc1-c1nc2sc(-c3ccccc3C(F)(F)F)nc2s1. The highest BCUT2D eigenvalue weighted by atomic mass is 32.1. The average molecular weight is 430 g/mol. The molecule has 0 fully saturated rings. The number of rotatable bonds is 2. The highest BCUT2D eigenvalue weighted by Gasteiger charge is 2.35. The molecule has 4 rings (SSSR count). The molecular formula is C18H8F6N2S2. The van der Waals surface area contributed by atoms with Gasteiger partial charge in [0.2, 0.25) is 0 Å². The molecule has 28 heavy (non-hydrogen) atoms. The molecule has 0 unspecified atom stereocenters. The first-order valence-corrected chi connectivity index (χ1v) is 9.38. The molecule has 0 saturated heterocycles. The van der Waals surface area contributed by atoms with E-state index in [1.54, 1.807) is 0 Å². The van der Waals surface area contributed by atoms with E-state index >= 15 is 0 Å². The van der Waals surface area contributed by atoms with Crippen LogP contribution in [0, 0.1) is 0 Å². The van der Waals surface area contributed by atoms with Gasteiger partial charge in [-0.25, -0.2) is 9.97 Å². The number of nitrogens with zero attached hydrogens (tertiary/aromatic N) is 2. The highest BCUT2D eigenvalue weighted by Crippen LogP contribution is 2.43. The van der Waals surface area contributed by atoms with E-state index in [0.717, 1.165) is 34.8 Å². The third kappa shape index (κ3) is 3.37. The largest absolute Gasteiger partial charge is 0.417 e. The van der Waals surface area contributed by atoms with Gasteiger partial charge in [0, 0.05) is 11.1 Å². The molecule has 144 valence electrons. The Morgan fingerprint density at radius 3 is 1.29 bits per heavy atom. The summed E-state index contributed by atoms with van der Waals surface area (Å²) in [6, 6.07) is 10.1. The minimum Gasteiger partial charge on any atom is -0.223 e. The lowest BCUT2D eigenvalue weighted by molar-refractivity contribution is -0.137. The van der Waals surface area contributed by atoms with Crippen molar-refractivity contribution in [2.45, 2.75) is 12.4 Å². The van der Waals surface area contributed by atoms with Gasteiger partial charge in [-0.3, -0.25) is 0 Å². The van der Waals surface area contributed by atoms with Crippen LogP contribution >= 0.6 is 22.7 Å². The Bertz CT molecular complexity index is 1040. The number of thiazole rings is 2. The molecule has 0 saturated carbocycles. The minimum atomic E-state index is -4.54. The lowest BCUT2D eigenvalue weighted by atomic mass is 10.1. The second-order valence-electron chi connectivity index (χ2n) is 5.74. The van der Waals surface area contributed by atoms with E-state index < -0.39 is 23.5 Å². The van der Waals surface area contributed by atoms with Crippen LogP contribution in [0.25, 0.3) is 30.8 Å². The first-order valence-electron chi connectivity index (χ1n) is 7.75. The van der Waals surface area contributed by atoms with Gasteiger partial charge in [0.25, 0.3) is 0 Å². The van der Waals surface area contributed by atoms with Crippen molar-refractivity contribution in [3.8, 4) is 21.1 Å². The summed E-state index contributed by atoms with van der Waals surface area (Å²) in [5.74, 6) is 0. The number of benzene rings is 2. The standard InChI is InChI=1S/C18H8F6N2S2/c19-17(20,21)11-7-3-1-5-9(11)13-25-15-16(27-13)26-14(28-15)10-6-2-4-8-12(10)18(22,23)24/h1-8H. The van der Waals surface area contributed by atoms with Crippen molar-refractivity contribution in [2.24, 2.45) is 0 Å². The first-order chi connectivity index (χ1) is 13.1. The predicted octanol–water partition coefficient (Wildman–Crippen LogP) is 7.12. The molecule has 0 spiro atoms. The normalized spacial score (nSPS) is 12.6. The Balaban J connectivity index is 1.80. The molecule has 0 atom stereocenters. The van der Waals surface area contributed by atoms with Gasteiger partial charge in [0.05, 0.1) is 11.1 Å². The molecule has 0 N–H and O–H groups in total. The van der Waals surface area contributed by atoms with Gasteiger partial charge in [0.1, 0.15) is 10.0 Å². The van der Waals surface area contributed by atoms with Crippen LogP contribution in [0.1, 0.15) is 11.1 Å². The second kappa shape index (κ2) is 6.56. The van der Waals surface area contributed by atoms with Gasteiger partial charge < -0.3 is 0 Å². The maximum absolute atomic E-state index is 13.2. The Labute approximate surface area is 162 Å². The van der Waals surface area contributed by atoms with Crippen molar-refractivity contribution < 1.29 is 26.3 Å². The van der Waals surface area contributed by atoms with Gasteiger partial charge in [-0.05, 0) is 12.1 Å². The minimum absolute atomic E-state index is 0.0811. The molecule has 0 aliphatic heterocycles. The number of fused-ring (bicyclic) bond motifs is 1. The van der Waals surface area contributed by atoms with Crippen molar-refractivity contribution in [1.82, 2.24) is 9.97 Å². The molecule has 4 aromatic rings. The fraction of sp³-hybridized carbons (Fsp3) is 0.111. The van der Waals surface area contributed by atoms with E-state index in [9.17, 15) is 26.3 Å². The van der Waals surface area contributed by atoms with Crippen LogP contribution in [-0.2, 0) is 12.4 Å². The van der Waals surface area contributed by atoms with Crippen molar-refractivity contribution in [3.05, 3.63) is 59.7 Å². The third-order valence-corrected chi connectivity index (χ3v) is 6.00. The molecule has 0 aliphatic carbocycles. The maximum Gasteiger partial charge on any atom is 0.417 e.